The summed E-state index contributed by atoms with van der Waals surface area (Å²) < 4.78 is 26.6. The molecule has 0 aromatic heterocycles. The second kappa shape index (κ2) is 14.5. The number of carbonyl (C=O) groups excluding carboxylic acids is 4. The molecule has 10 heteroatoms. The lowest BCUT2D eigenvalue weighted by atomic mass is 9.90. The Hall–Kier alpha value is -3.14. The Balaban J connectivity index is 2.94. The lowest BCUT2D eigenvalue weighted by molar-refractivity contribution is -0.152. The molecule has 0 radical (unpaired) electrons. The Labute approximate surface area is 238 Å². The summed E-state index contributed by atoms with van der Waals surface area (Å²) in [4.78, 5) is 49.8. The first kappa shape index (κ1) is 34.9. The number of hydrogen-bond donors (Lipinski definition) is 1. The van der Waals surface area contributed by atoms with Crippen LogP contribution in [0, 0.1) is 16.2 Å². The molecular weight excluding hydrogens is 518 g/mol. The summed E-state index contributed by atoms with van der Waals surface area (Å²) in [5, 5.41) is 0. The van der Waals surface area contributed by atoms with Crippen molar-refractivity contribution in [2.75, 3.05) is 13.2 Å². The number of nitrogens with two attached hydrogens (primary N) is 1. The second-order valence-corrected chi connectivity index (χ2v) is 12.5. The average Bonchev–Trinajstić information content (AvgIpc) is 2.86. The molecule has 0 saturated carbocycles. The number of benzene rings is 1. The SMILES string of the molecule is CCC(C)(C)C(=O)Oc1ccc(C[C@H](N)C(=O)O[C@@H](C)COC(=O)OCC(C)(C)C)cc1OC(=O)C(C)(C)CC. The van der Waals surface area contributed by atoms with Gasteiger partial charge >= 0.3 is 24.1 Å². The maximum absolute atomic E-state index is 12.8. The molecule has 0 bridgehead atoms. The molecule has 0 amide bonds. The highest BCUT2D eigenvalue weighted by Gasteiger charge is 2.32. The van der Waals surface area contributed by atoms with Crippen molar-refractivity contribution in [2.45, 2.75) is 101 Å². The molecule has 40 heavy (non-hydrogen) atoms. The van der Waals surface area contributed by atoms with Gasteiger partial charge in [-0.3, -0.25) is 14.4 Å². The van der Waals surface area contributed by atoms with E-state index in [0.717, 1.165) is 0 Å². The number of carbonyl (C=O) groups is 4. The maximum atomic E-state index is 12.8. The Bertz CT molecular complexity index is 1040. The van der Waals surface area contributed by atoms with Crippen molar-refractivity contribution in [3.8, 4) is 11.5 Å². The van der Waals surface area contributed by atoms with Gasteiger partial charge in [0.05, 0.1) is 17.4 Å². The number of ether oxygens (including phenoxy) is 5. The van der Waals surface area contributed by atoms with E-state index < -0.39 is 47.0 Å². The van der Waals surface area contributed by atoms with Gasteiger partial charge in [-0.1, -0.05) is 40.7 Å². The Kier molecular flexibility index (Phi) is 12.6. The Morgan fingerprint density at radius 2 is 1.35 bits per heavy atom. The third-order valence-electron chi connectivity index (χ3n) is 6.42. The smallest absolute Gasteiger partial charge is 0.458 e. The van der Waals surface area contributed by atoms with Crippen molar-refractivity contribution in [3.63, 3.8) is 0 Å². The van der Waals surface area contributed by atoms with E-state index in [1.165, 1.54) is 12.1 Å². The third-order valence-corrected chi connectivity index (χ3v) is 6.42. The second-order valence-electron chi connectivity index (χ2n) is 12.5. The minimum atomic E-state index is -1.06. The van der Waals surface area contributed by atoms with Gasteiger partial charge in [0.15, 0.2) is 11.5 Å². The van der Waals surface area contributed by atoms with Crippen molar-refractivity contribution in [1.29, 1.82) is 0 Å². The van der Waals surface area contributed by atoms with Crippen molar-refractivity contribution in [2.24, 2.45) is 22.0 Å². The first-order chi connectivity index (χ1) is 18.3. The van der Waals surface area contributed by atoms with Crippen LogP contribution < -0.4 is 15.2 Å². The monoisotopic (exact) mass is 565 g/mol. The van der Waals surface area contributed by atoms with Crippen molar-refractivity contribution in [3.05, 3.63) is 23.8 Å². The van der Waals surface area contributed by atoms with Crippen LogP contribution in [0.2, 0.25) is 0 Å². The molecule has 1 aromatic carbocycles. The van der Waals surface area contributed by atoms with Gasteiger partial charge in [0, 0.05) is 0 Å². The van der Waals surface area contributed by atoms with Gasteiger partial charge in [-0.25, -0.2) is 4.79 Å². The quantitative estimate of drug-likeness (QED) is 0.245. The van der Waals surface area contributed by atoms with E-state index in [1.54, 1.807) is 40.7 Å². The molecule has 0 unspecified atom stereocenters. The van der Waals surface area contributed by atoms with E-state index in [0.29, 0.717) is 18.4 Å². The summed E-state index contributed by atoms with van der Waals surface area (Å²) in [5.41, 5.74) is 4.93. The van der Waals surface area contributed by atoms with E-state index in [1.807, 2.05) is 34.6 Å². The number of esters is 3. The standard InChI is InChI=1S/C30H47NO9/c1-11-29(7,8)25(33)39-22-14-13-20(16-23(22)40-26(34)30(9,10)12-2)15-21(31)24(32)38-19(3)17-36-27(35)37-18-28(4,5)6/h13-14,16,19,21H,11-12,15,17-18,31H2,1-10H3/t19-,21-/m0/s1. The van der Waals surface area contributed by atoms with Crippen LogP contribution in [0.4, 0.5) is 4.79 Å². The molecule has 1 aromatic rings. The van der Waals surface area contributed by atoms with Crippen LogP contribution >= 0.6 is 0 Å². The highest BCUT2D eigenvalue weighted by molar-refractivity contribution is 5.81. The van der Waals surface area contributed by atoms with Crippen LogP contribution in [-0.4, -0.2) is 49.4 Å². The molecule has 2 atom stereocenters. The topological polar surface area (TPSA) is 140 Å². The van der Waals surface area contributed by atoms with Crippen LogP contribution in [-0.2, 0) is 35.0 Å². The lowest BCUT2D eigenvalue weighted by Gasteiger charge is -2.23. The van der Waals surface area contributed by atoms with Gasteiger partial charge in [0.2, 0.25) is 0 Å². The molecule has 0 saturated heterocycles. The summed E-state index contributed by atoms with van der Waals surface area (Å²) in [5.74, 6) is -1.51. The molecule has 226 valence electrons. The predicted octanol–water partition coefficient (Wildman–Crippen LogP) is 5.37. The highest BCUT2D eigenvalue weighted by atomic mass is 16.7. The first-order valence-corrected chi connectivity index (χ1v) is 13.6. The fourth-order valence-corrected chi connectivity index (χ4v) is 2.77. The molecule has 1 rings (SSSR count). The van der Waals surface area contributed by atoms with E-state index in [9.17, 15) is 19.2 Å². The minimum absolute atomic E-state index is 0.0520. The molecule has 2 N–H and O–H groups in total. The lowest BCUT2D eigenvalue weighted by Crippen LogP contribution is -2.37. The zero-order valence-corrected chi connectivity index (χ0v) is 25.7. The van der Waals surface area contributed by atoms with E-state index in [-0.39, 0.29) is 36.5 Å². The molecule has 0 fully saturated rings. The molecule has 0 aliphatic rings. The fraction of sp³-hybridized carbons (Fsp3) is 0.667. The van der Waals surface area contributed by atoms with E-state index in [4.69, 9.17) is 29.4 Å². The number of hydrogen-bond acceptors (Lipinski definition) is 10. The largest absolute Gasteiger partial charge is 0.508 e. The molecule has 0 spiro atoms. The van der Waals surface area contributed by atoms with Gasteiger partial charge in [-0.15, -0.1) is 0 Å². The summed E-state index contributed by atoms with van der Waals surface area (Å²) in [6.45, 7) is 18.1. The van der Waals surface area contributed by atoms with Crippen LogP contribution in [0.5, 0.6) is 11.5 Å². The van der Waals surface area contributed by atoms with Gasteiger partial charge in [-0.05, 0) is 77.0 Å². The highest BCUT2D eigenvalue weighted by Crippen LogP contribution is 2.34. The molecule has 10 nitrogen and oxygen atoms in total. The van der Waals surface area contributed by atoms with Gasteiger partial charge < -0.3 is 29.4 Å². The van der Waals surface area contributed by atoms with Gasteiger partial charge in [0.25, 0.3) is 0 Å². The van der Waals surface area contributed by atoms with Crippen LogP contribution in [0.25, 0.3) is 0 Å². The number of rotatable bonds is 13. The average molecular weight is 566 g/mol. The first-order valence-electron chi connectivity index (χ1n) is 13.6. The van der Waals surface area contributed by atoms with Gasteiger partial charge in [0.1, 0.15) is 18.8 Å². The summed E-state index contributed by atoms with van der Waals surface area (Å²) in [6.07, 6.45) is -0.455. The Morgan fingerprint density at radius 1 is 0.825 bits per heavy atom. The predicted molar refractivity (Wildman–Crippen MR) is 150 cm³/mol. The van der Waals surface area contributed by atoms with E-state index in [2.05, 4.69) is 0 Å². The molecule has 0 aliphatic carbocycles. The third kappa shape index (κ3) is 11.5. The van der Waals surface area contributed by atoms with Crippen molar-refractivity contribution in [1.82, 2.24) is 0 Å². The normalized spacial score (nSPS) is 13.6. The molecule has 0 aliphatic heterocycles. The van der Waals surface area contributed by atoms with Crippen LogP contribution in [0.1, 0.15) is 87.6 Å². The molecule has 0 heterocycles. The van der Waals surface area contributed by atoms with Crippen molar-refractivity contribution >= 4 is 24.1 Å². The van der Waals surface area contributed by atoms with Gasteiger partial charge in [-0.2, -0.15) is 0 Å². The van der Waals surface area contributed by atoms with E-state index >= 15 is 0 Å². The maximum Gasteiger partial charge on any atom is 0.508 e. The summed E-state index contributed by atoms with van der Waals surface area (Å²) in [6, 6.07) is 3.61. The summed E-state index contributed by atoms with van der Waals surface area (Å²) in [7, 11) is 0. The summed E-state index contributed by atoms with van der Waals surface area (Å²) >= 11 is 0. The molecular formula is C30H47NO9. The van der Waals surface area contributed by atoms with Crippen LogP contribution in [0.15, 0.2) is 18.2 Å². The van der Waals surface area contributed by atoms with Crippen molar-refractivity contribution < 1.29 is 42.9 Å². The fourth-order valence-electron chi connectivity index (χ4n) is 2.77. The zero-order valence-electron chi connectivity index (χ0n) is 25.7. The Morgan fingerprint density at radius 3 is 1.85 bits per heavy atom. The zero-order chi connectivity index (χ0) is 30.9. The van der Waals surface area contributed by atoms with Crippen LogP contribution in [0.3, 0.4) is 0 Å². The minimum Gasteiger partial charge on any atom is -0.458 e.